The normalized spacial score (nSPS) is 16.4. The largest absolute Gasteiger partial charge is 0.486 e. The van der Waals surface area contributed by atoms with Crippen molar-refractivity contribution >= 4 is 5.82 Å². The van der Waals surface area contributed by atoms with Gasteiger partial charge in [-0.05, 0) is 18.1 Å². The van der Waals surface area contributed by atoms with Crippen molar-refractivity contribution in [1.29, 1.82) is 0 Å². The van der Waals surface area contributed by atoms with Crippen molar-refractivity contribution in [2.45, 2.75) is 26.5 Å². The Kier molecular flexibility index (Phi) is 4.50. The van der Waals surface area contributed by atoms with E-state index < -0.39 is 0 Å². The molecule has 122 valence electrons. The molecule has 0 amide bonds. The maximum atomic E-state index is 12.3. The molecule has 1 atom stereocenters. The van der Waals surface area contributed by atoms with Gasteiger partial charge in [0.1, 0.15) is 12.7 Å². The Bertz CT molecular complexity index is 727. The second-order valence-corrected chi connectivity index (χ2v) is 6.01. The number of ether oxygens (including phenoxy) is 2. The molecule has 2 heterocycles. The highest BCUT2D eigenvalue weighted by atomic mass is 16.6. The van der Waals surface area contributed by atoms with E-state index in [4.69, 9.17) is 9.47 Å². The molecule has 0 saturated heterocycles. The van der Waals surface area contributed by atoms with Gasteiger partial charge in [-0.2, -0.15) is 0 Å². The minimum Gasteiger partial charge on any atom is -0.486 e. The molecule has 6 heteroatoms. The summed E-state index contributed by atoms with van der Waals surface area (Å²) < 4.78 is 13.2. The molecule has 1 aliphatic rings. The molecule has 6 nitrogen and oxygen atoms in total. The van der Waals surface area contributed by atoms with Crippen LogP contribution in [0.25, 0.3) is 0 Å². The van der Waals surface area contributed by atoms with Crippen LogP contribution in [0.15, 0.2) is 41.5 Å². The molecule has 2 aromatic rings. The third-order valence-corrected chi connectivity index (χ3v) is 3.54. The molecule has 1 aromatic heterocycles. The smallest absolute Gasteiger partial charge is 0.293 e. The van der Waals surface area contributed by atoms with Gasteiger partial charge in [0, 0.05) is 18.9 Å². The maximum Gasteiger partial charge on any atom is 0.293 e. The van der Waals surface area contributed by atoms with Gasteiger partial charge in [0.05, 0.1) is 6.54 Å². The Hall–Kier alpha value is -2.50. The van der Waals surface area contributed by atoms with Gasteiger partial charge in [0.15, 0.2) is 17.3 Å². The highest BCUT2D eigenvalue weighted by Gasteiger charge is 2.20. The molecule has 3 rings (SSSR count). The van der Waals surface area contributed by atoms with Gasteiger partial charge < -0.3 is 19.4 Å². The predicted octanol–water partition coefficient (Wildman–Crippen LogP) is 2.15. The van der Waals surface area contributed by atoms with Gasteiger partial charge >= 0.3 is 0 Å². The molecule has 1 aromatic carbocycles. The summed E-state index contributed by atoms with van der Waals surface area (Å²) in [6.07, 6.45) is 3.19. The number of para-hydroxylation sites is 2. The maximum absolute atomic E-state index is 12.3. The van der Waals surface area contributed by atoms with E-state index in [1.807, 2.05) is 24.3 Å². The van der Waals surface area contributed by atoms with Gasteiger partial charge in [-0.15, -0.1) is 0 Å². The zero-order chi connectivity index (χ0) is 16.2. The zero-order valence-corrected chi connectivity index (χ0v) is 13.4. The molecular formula is C17H21N3O3. The van der Waals surface area contributed by atoms with Crippen molar-refractivity contribution in [1.82, 2.24) is 9.55 Å². The summed E-state index contributed by atoms with van der Waals surface area (Å²) in [6.45, 7) is 5.72. The fourth-order valence-electron chi connectivity index (χ4n) is 2.48. The Morgan fingerprint density at radius 2 is 2.13 bits per heavy atom. The fourth-order valence-corrected chi connectivity index (χ4v) is 2.48. The molecular weight excluding hydrogens is 294 g/mol. The van der Waals surface area contributed by atoms with Crippen LogP contribution in [0.1, 0.15) is 13.8 Å². The van der Waals surface area contributed by atoms with Crippen LogP contribution in [-0.4, -0.2) is 28.8 Å². The molecule has 23 heavy (non-hydrogen) atoms. The SMILES string of the molecule is CC(C)Cn1ccnc(NCC2COc3ccccc3O2)c1=O. The van der Waals surface area contributed by atoms with Crippen molar-refractivity contribution in [3.8, 4) is 11.5 Å². The van der Waals surface area contributed by atoms with E-state index in [-0.39, 0.29) is 11.7 Å². The predicted molar refractivity (Wildman–Crippen MR) is 88.2 cm³/mol. The number of fused-ring (bicyclic) bond motifs is 1. The van der Waals surface area contributed by atoms with Gasteiger partial charge in [-0.3, -0.25) is 4.79 Å². The number of anilines is 1. The van der Waals surface area contributed by atoms with E-state index in [0.29, 0.717) is 31.4 Å². The van der Waals surface area contributed by atoms with Crippen LogP contribution in [-0.2, 0) is 6.54 Å². The summed E-state index contributed by atoms with van der Waals surface area (Å²) in [5.74, 6) is 2.22. The minimum absolute atomic E-state index is 0.113. The first kappa shape index (κ1) is 15.4. The summed E-state index contributed by atoms with van der Waals surface area (Å²) in [5, 5.41) is 3.08. The summed E-state index contributed by atoms with van der Waals surface area (Å²) in [6, 6.07) is 7.56. The van der Waals surface area contributed by atoms with Crippen molar-refractivity contribution in [3.63, 3.8) is 0 Å². The first-order chi connectivity index (χ1) is 11.1. The van der Waals surface area contributed by atoms with E-state index in [0.717, 1.165) is 11.5 Å². The van der Waals surface area contributed by atoms with Crippen molar-refractivity contribution in [2.75, 3.05) is 18.5 Å². The lowest BCUT2D eigenvalue weighted by Gasteiger charge is -2.26. The Morgan fingerprint density at radius 1 is 1.35 bits per heavy atom. The standard InChI is InChI=1S/C17H21N3O3/c1-12(2)10-20-8-7-18-16(17(20)21)19-9-13-11-22-14-5-3-4-6-15(14)23-13/h3-8,12-13H,9-11H2,1-2H3,(H,18,19). The van der Waals surface area contributed by atoms with Gasteiger partial charge in [-0.1, -0.05) is 26.0 Å². The topological polar surface area (TPSA) is 65.4 Å². The lowest BCUT2D eigenvalue weighted by Crippen LogP contribution is -2.37. The quantitative estimate of drug-likeness (QED) is 0.916. The fraction of sp³-hybridized carbons (Fsp3) is 0.412. The molecule has 1 N–H and O–H groups in total. The van der Waals surface area contributed by atoms with E-state index >= 15 is 0 Å². The Morgan fingerprint density at radius 3 is 2.91 bits per heavy atom. The van der Waals surface area contributed by atoms with E-state index in [9.17, 15) is 4.79 Å². The van der Waals surface area contributed by atoms with Gasteiger partial charge in [0.2, 0.25) is 0 Å². The number of benzene rings is 1. The lowest BCUT2D eigenvalue weighted by molar-refractivity contribution is 0.0997. The van der Waals surface area contributed by atoms with Crippen LogP contribution in [0.4, 0.5) is 5.82 Å². The molecule has 0 fully saturated rings. The lowest BCUT2D eigenvalue weighted by atomic mass is 10.2. The summed E-state index contributed by atoms with van der Waals surface area (Å²) >= 11 is 0. The summed E-state index contributed by atoms with van der Waals surface area (Å²) in [4.78, 5) is 16.5. The van der Waals surface area contributed by atoms with Crippen molar-refractivity contribution in [3.05, 3.63) is 47.0 Å². The second-order valence-electron chi connectivity index (χ2n) is 6.01. The highest BCUT2D eigenvalue weighted by Crippen LogP contribution is 2.30. The van der Waals surface area contributed by atoms with Crippen LogP contribution >= 0.6 is 0 Å². The minimum atomic E-state index is -0.162. The molecule has 1 unspecified atom stereocenters. The number of nitrogens with one attached hydrogen (secondary N) is 1. The average molecular weight is 315 g/mol. The molecule has 0 radical (unpaired) electrons. The Balaban J connectivity index is 1.64. The summed E-state index contributed by atoms with van der Waals surface area (Å²) in [5.41, 5.74) is -0.113. The number of hydrogen-bond donors (Lipinski definition) is 1. The molecule has 0 bridgehead atoms. The van der Waals surface area contributed by atoms with E-state index in [2.05, 4.69) is 24.1 Å². The van der Waals surface area contributed by atoms with Crippen LogP contribution in [0.3, 0.4) is 0 Å². The monoisotopic (exact) mass is 315 g/mol. The Labute approximate surface area is 135 Å². The molecule has 1 aliphatic heterocycles. The third kappa shape index (κ3) is 3.64. The molecule has 0 saturated carbocycles. The van der Waals surface area contributed by atoms with Crippen molar-refractivity contribution in [2.24, 2.45) is 5.92 Å². The van der Waals surface area contributed by atoms with Gasteiger partial charge in [-0.25, -0.2) is 4.98 Å². The number of aromatic nitrogens is 2. The van der Waals surface area contributed by atoms with Crippen LogP contribution in [0.2, 0.25) is 0 Å². The van der Waals surface area contributed by atoms with Crippen LogP contribution in [0, 0.1) is 5.92 Å². The van der Waals surface area contributed by atoms with E-state index in [1.54, 1.807) is 17.0 Å². The van der Waals surface area contributed by atoms with Crippen LogP contribution < -0.4 is 20.3 Å². The second kappa shape index (κ2) is 6.73. The van der Waals surface area contributed by atoms with E-state index in [1.165, 1.54) is 0 Å². The van der Waals surface area contributed by atoms with Crippen molar-refractivity contribution < 1.29 is 9.47 Å². The first-order valence-corrected chi connectivity index (χ1v) is 7.81. The molecule has 0 spiro atoms. The first-order valence-electron chi connectivity index (χ1n) is 7.81. The number of nitrogens with zero attached hydrogens (tertiary/aromatic N) is 2. The summed E-state index contributed by atoms with van der Waals surface area (Å²) in [7, 11) is 0. The van der Waals surface area contributed by atoms with Gasteiger partial charge in [0.25, 0.3) is 5.56 Å². The highest BCUT2D eigenvalue weighted by molar-refractivity contribution is 5.41. The molecule has 0 aliphatic carbocycles. The zero-order valence-electron chi connectivity index (χ0n) is 13.4. The average Bonchev–Trinajstić information content (AvgIpc) is 2.55. The van der Waals surface area contributed by atoms with Crippen LogP contribution in [0.5, 0.6) is 11.5 Å². The number of rotatable bonds is 5. The third-order valence-electron chi connectivity index (χ3n) is 3.54. The number of hydrogen-bond acceptors (Lipinski definition) is 5.